The van der Waals surface area contributed by atoms with Crippen LogP contribution in [-0.2, 0) is 4.74 Å². The smallest absolute Gasteiger partial charge is 0.407 e. The zero-order chi connectivity index (χ0) is 13.1. The van der Waals surface area contributed by atoms with Crippen molar-refractivity contribution < 1.29 is 14.3 Å². The lowest BCUT2D eigenvalue weighted by Gasteiger charge is -2.10. The van der Waals surface area contributed by atoms with Crippen LogP contribution < -0.4 is 10.1 Å². The Morgan fingerprint density at radius 2 is 1.80 bits per heavy atom. The molecule has 3 rings (SSSR count). The molecule has 0 saturated carbocycles. The predicted octanol–water partition coefficient (Wildman–Crippen LogP) is 3.68. The fourth-order valence-electron chi connectivity index (χ4n) is 1.98. The number of ether oxygens (including phenoxy) is 2. The molecule has 1 atom stereocenters. The van der Waals surface area contributed by atoms with Gasteiger partial charge < -0.3 is 14.8 Å². The molecule has 2 aromatic rings. The Balaban J connectivity index is 0.00000147. The number of alkyl carbamates (subject to hydrolysis) is 1. The molecule has 1 fully saturated rings. The van der Waals surface area contributed by atoms with Crippen molar-refractivity contribution >= 4 is 18.5 Å². The van der Waals surface area contributed by atoms with E-state index >= 15 is 0 Å². The van der Waals surface area contributed by atoms with Crippen LogP contribution in [0.4, 0.5) is 4.79 Å². The number of carbonyl (C=O) groups is 1. The van der Waals surface area contributed by atoms with Gasteiger partial charge in [0.1, 0.15) is 18.1 Å². The molecule has 0 unspecified atom stereocenters. The first kappa shape index (κ1) is 14.2. The second-order valence-corrected chi connectivity index (χ2v) is 4.28. The molecule has 1 aliphatic heterocycles. The van der Waals surface area contributed by atoms with E-state index in [2.05, 4.69) is 5.32 Å². The Labute approximate surface area is 123 Å². The first-order chi connectivity index (χ1) is 9.31. The largest absolute Gasteiger partial charge is 0.457 e. The van der Waals surface area contributed by atoms with Crippen molar-refractivity contribution in [1.29, 1.82) is 0 Å². The number of cyclic esters (lactones) is 1. The molecule has 1 N–H and O–H groups in total. The van der Waals surface area contributed by atoms with Crippen LogP contribution >= 0.6 is 12.4 Å². The Bertz CT molecular complexity index is 589. The van der Waals surface area contributed by atoms with Gasteiger partial charge in [-0.05, 0) is 29.8 Å². The average Bonchev–Trinajstić information content (AvgIpc) is 2.87. The summed E-state index contributed by atoms with van der Waals surface area (Å²) in [6, 6.07) is 17.1. The summed E-state index contributed by atoms with van der Waals surface area (Å²) in [4.78, 5) is 11.0. The third kappa shape index (κ3) is 3.22. The minimum atomic E-state index is -0.376. The fourth-order valence-corrected chi connectivity index (χ4v) is 1.98. The third-order valence-corrected chi connectivity index (χ3v) is 2.91. The summed E-state index contributed by atoms with van der Waals surface area (Å²) < 4.78 is 10.6. The van der Waals surface area contributed by atoms with E-state index in [-0.39, 0.29) is 24.5 Å². The predicted molar refractivity (Wildman–Crippen MR) is 77.4 cm³/mol. The molecule has 104 valence electrons. The minimum absolute atomic E-state index is 0. The van der Waals surface area contributed by atoms with Crippen LogP contribution in [0.5, 0.6) is 11.5 Å². The second kappa shape index (κ2) is 6.30. The highest BCUT2D eigenvalue weighted by atomic mass is 35.5. The zero-order valence-electron chi connectivity index (χ0n) is 10.6. The molecule has 0 aromatic heterocycles. The highest BCUT2D eigenvalue weighted by Gasteiger charge is 2.23. The van der Waals surface area contributed by atoms with Gasteiger partial charge >= 0.3 is 6.09 Å². The van der Waals surface area contributed by atoms with E-state index in [1.165, 1.54) is 0 Å². The molecule has 0 aliphatic carbocycles. The number of hydrogen-bond acceptors (Lipinski definition) is 3. The van der Waals surface area contributed by atoms with Gasteiger partial charge in [-0.15, -0.1) is 12.4 Å². The summed E-state index contributed by atoms with van der Waals surface area (Å²) in [7, 11) is 0. The minimum Gasteiger partial charge on any atom is -0.457 e. The molecule has 5 heteroatoms. The van der Waals surface area contributed by atoms with E-state index in [1.54, 1.807) is 0 Å². The Morgan fingerprint density at radius 3 is 2.50 bits per heavy atom. The second-order valence-electron chi connectivity index (χ2n) is 4.28. The lowest BCUT2D eigenvalue weighted by Crippen LogP contribution is -2.18. The van der Waals surface area contributed by atoms with Crippen molar-refractivity contribution in [3.8, 4) is 11.5 Å². The van der Waals surface area contributed by atoms with Gasteiger partial charge in [-0.2, -0.15) is 0 Å². The van der Waals surface area contributed by atoms with E-state index in [9.17, 15) is 4.79 Å². The summed E-state index contributed by atoms with van der Waals surface area (Å²) in [5, 5.41) is 2.74. The van der Waals surface area contributed by atoms with Crippen LogP contribution in [0.3, 0.4) is 0 Å². The maximum Gasteiger partial charge on any atom is 0.407 e. The van der Waals surface area contributed by atoms with Crippen molar-refractivity contribution in [1.82, 2.24) is 5.32 Å². The van der Waals surface area contributed by atoms with E-state index in [1.807, 2.05) is 54.6 Å². The number of hydrogen-bond donors (Lipinski definition) is 1. The van der Waals surface area contributed by atoms with Crippen LogP contribution in [0.1, 0.15) is 11.6 Å². The summed E-state index contributed by atoms with van der Waals surface area (Å²) in [5.74, 6) is 1.52. The van der Waals surface area contributed by atoms with E-state index in [0.717, 1.165) is 17.1 Å². The topological polar surface area (TPSA) is 47.6 Å². The molecule has 2 aromatic carbocycles. The molecule has 0 spiro atoms. The fraction of sp³-hybridized carbons (Fsp3) is 0.133. The van der Waals surface area contributed by atoms with Crippen LogP contribution in [0.25, 0.3) is 0 Å². The van der Waals surface area contributed by atoms with Gasteiger partial charge in [-0.1, -0.05) is 30.3 Å². The number of nitrogens with one attached hydrogen (secondary N) is 1. The molecule has 1 aliphatic rings. The quantitative estimate of drug-likeness (QED) is 0.938. The molecule has 20 heavy (non-hydrogen) atoms. The lowest BCUT2D eigenvalue weighted by molar-refractivity contribution is 0.177. The molecule has 4 nitrogen and oxygen atoms in total. The summed E-state index contributed by atoms with van der Waals surface area (Å²) >= 11 is 0. The molecule has 1 saturated heterocycles. The van der Waals surface area contributed by atoms with Crippen LogP contribution in [0.2, 0.25) is 0 Å². The molecule has 1 heterocycles. The molecular formula is C15H14ClNO3. The first-order valence-electron chi connectivity index (χ1n) is 6.07. The van der Waals surface area contributed by atoms with Crippen molar-refractivity contribution in [3.05, 3.63) is 60.2 Å². The van der Waals surface area contributed by atoms with E-state index in [0.29, 0.717) is 6.61 Å². The highest BCUT2D eigenvalue weighted by molar-refractivity contribution is 5.85. The zero-order valence-corrected chi connectivity index (χ0v) is 11.4. The van der Waals surface area contributed by atoms with Crippen LogP contribution in [-0.4, -0.2) is 12.7 Å². The lowest BCUT2D eigenvalue weighted by atomic mass is 10.1. The maximum absolute atomic E-state index is 11.0. The van der Waals surface area contributed by atoms with Gasteiger partial charge in [0.05, 0.1) is 6.04 Å². The SMILES string of the molecule is Cl.O=C1N[C@H](c2cccc(Oc3ccccc3)c2)CO1. The van der Waals surface area contributed by atoms with Gasteiger partial charge in [-0.3, -0.25) is 0 Å². The van der Waals surface area contributed by atoms with E-state index < -0.39 is 0 Å². The number of benzene rings is 2. The van der Waals surface area contributed by atoms with E-state index in [4.69, 9.17) is 9.47 Å². The Morgan fingerprint density at radius 1 is 1.05 bits per heavy atom. The number of rotatable bonds is 3. The Hall–Kier alpha value is -2.20. The first-order valence-corrected chi connectivity index (χ1v) is 6.07. The normalized spacial score (nSPS) is 16.8. The van der Waals surface area contributed by atoms with Gasteiger partial charge in [0, 0.05) is 0 Å². The number of para-hydroxylation sites is 1. The monoisotopic (exact) mass is 291 g/mol. The van der Waals surface area contributed by atoms with Crippen LogP contribution in [0.15, 0.2) is 54.6 Å². The summed E-state index contributed by atoms with van der Waals surface area (Å²) in [6.07, 6.45) is -0.376. The Kier molecular flexibility index (Phi) is 4.48. The average molecular weight is 292 g/mol. The van der Waals surface area contributed by atoms with Crippen LogP contribution in [0, 0.1) is 0 Å². The number of carbonyl (C=O) groups excluding carboxylic acids is 1. The summed E-state index contributed by atoms with van der Waals surface area (Å²) in [5.41, 5.74) is 0.972. The van der Waals surface area contributed by atoms with Gasteiger partial charge in [0.15, 0.2) is 0 Å². The third-order valence-electron chi connectivity index (χ3n) is 2.91. The van der Waals surface area contributed by atoms with Crippen molar-refractivity contribution in [2.45, 2.75) is 6.04 Å². The van der Waals surface area contributed by atoms with Crippen molar-refractivity contribution in [2.75, 3.05) is 6.61 Å². The summed E-state index contributed by atoms with van der Waals surface area (Å²) in [6.45, 7) is 0.355. The molecule has 0 radical (unpaired) electrons. The number of amides is 1. The van der Waals surface area contributed by atoms with Crippen molar-refractivity contribution in [2.24, 2.45) is 0 Å². The number of halogens is 1. The molecular weight excluding hydrogens is 278 g/mol. The van der Waals surface area contributed by atoms with Gasteiger partial charge in [0.2, 0.25) is 0 Å². The van der Waals surface area contributed by atoms with Gasteiger partial charge in [-0.25, -0.2) is 4.79 Å². The molecule has 0 bridgehead atoms. The van der Waals surface area contributed by atoms with Crippen molar-refractivity contribution in [3.63, 3.8) is 0 Å². The highest BCUT2D eigenvalue weighted by Crippen LogP contribution is 2.25. The molecule has 1 amide bonds. The standard InChI is InChI=1S/C15H13NO3.ClH/c17-15-16-14(10-18-15)11-5-4-8-13(9-11)19-12-6-2-1-3-7-12;/h1-9,14H,10H2,(H,16,17);1H/t14-;/m0./s1. The maximum atomic E-state index is 11.0. The van der Waals surface area contributed by atoms with Gasteiger partial charge in [0.25, 0.3) is 0 Å².